The second-order valence-electron chi connectivity index (χ2n) is 2.80. The molecule has 0 amide bonds. The minimum Gasteiger partial charge on any atom is -0.250 e. The third-order valence-corrected chi connectivity index (χ3v) is 2.62. The van der Waals surface area contributed by atoms with Crippen molar-refractivity contribution >= 4 is 11.3 Å². The maximum atomic E-state index is 4.27. The van der Waals surface area contributed by atoms with Crippen molar-refractivity contribution in [3.8, 4) is 0 Å². The van der Waals surface area contributed by atoms with E-state index >= 15 is 0 Å². The molecule has 1 aromatic rings. The van der Waals surface area contributed by atoms with Gasteiger partial charge in [-0.3, -0.25) is 10.4 Å². The molecule has 0 aliphatic rings. The Morgan fingerprint density at radius 1 is 1.58 bits per heavy atom. The van der Waals surface area contributed by atoms with Gasteiger partial charge in [0.2, 0.25) is 0 Å². The molecule has 68 valence electrons. The predicted octanol–water partition coefficient (Wildman–Crippen LogP) is 1.27. The number of rotatable bonds is 4. The van der Waals surface area contributed by atoms with E-state index in [1.165, 1.54) is 9.88 Å². The van der Waals surface area contributed by atoms with E-state index in [0.717, 1.165) is 13.0 Å². The molecule has 0 spiro atoms. The first-order chi connectivity index (χ1) is 5.72. The number of nitrogens with zero attached hydrogens (tertiary/aromatic N) is 2. The zero-order chi connectivity index (χ0) is 8.97. The summed E-state index contributed by atoms with van der Waals surface area (Å²) >= 11 is 1.77. The number of hydrogen-bond donors (Lipinski definition) is 1. The Morgan fingerprint density at radius 2 is 2.33 bits per heavy atom. The van der Waals surface area contributed by atoms with E-state index in [0.29, 0.717) is 0 Å². The predicted molar refractivity (Wildman–Crippen MR) is 52.0 cm³/mol. The van der Waals surface area contributed by atoms with Gasteiger partial charge < -0.3 is 0 Å². The molecule has 4 heteroatoms. The smallest absolute Gasteiger partial charge is 0.0925 e. The summed E-state index contributed by atoms with van der Waals surface area (Å²) in [5.41, 5.74) is 3.20. The lowest BCUT2D eigenvalue weighted by molar-refractivity contribution is 0.287. The molecule has 1 N–H and O–H groups in total. The fourth-order valence-electron chi connectivity index (χ4n) is 0.829. The molecule has 0 bridgehead atoms. The van der Waals surface area contributed by atoms with Gasteiger partial charge in [0.1, 0.15) is 0 Å². The topological polar surface area (TPSA) is 28.2 Å². The Kier molecular flexibility index (Phi) is 3.65. The van der Waals surface area contributed by atoms with Gasteiger partial charge in [-0.15, -0.1) is 11.3 Å². The van der Waals surface area contributed by atoms with Crippen LogP contribution in [0.25, 0.3) is 0 Å². The number of hydrogen-bond acceptors (Lipinski definition) is 4. The molecule has 0 aliphatic heterocycles. The van der Waals surface area contributed by atoms with Crippen molar-refractivity contribution in [3.05, 3.63) is 16.1 Å². The molecule has 0 atom stereocenters. The van der Waals surface area contributed by atoms with E-state index in [1.807, 2.05) is 25.3 Å². The molecule has 0 saturated heterocycles. The number of hydrazine groups is 1. The molecule has 1 rings (SSSR count). The highest BCUT2D eigenvalue weighted by molar-refractivity contribution is 7.11. The van der Waals surface area contributed by atoms with Crippen LogP contribution in [0.4, 0.5) is 0 Å². The largest absolute Gasteiger partial charge is 0.250 e. The van der Waals surface area contributed by atoms with Gasteiger partial charge >= 0.3 is 0 Å². The van der Waals surface area contributed by atoms with Crippen LogP contribution in [0, 0.1) is 0 Å². The van der Waals surface area contributed by atoms with Crippen LogP contribution in [-0.2, 0) is 13.0 Å². The van der Waals surface area contributed by atoms with Gasteiger partial charge in [-0.25, -0.2) is 4.98 Å². The van der Waals surface area contributed by atoms with Crippen LogP contribution in [0.3, 0.4) is 0 Å². The van der Waals surface area contributed by atoms with Crippen LogP contribution in [0.15, 0.2) is 6.20 Å². The summed E-state index contributed by atoms with van der Waals surface area (Å²) in [5.74, 6) is 0. The van der Waals surface area contributed by atoms with Crippen molar-refractivity contribution < 1.29 is 0 Å². The summed E-state index contributed by atoms with van der Waals surface area (Å²) in [6.45, 7) is 3.01. The second kappa shape index (κ2) is 4.54. The highest BCUT2D eigenvalue weighted by atomic mass is 32.1. The molecule has 1 heterocycles. The molecule has 1 aromatic heterocycles. The van der Waals surface area contributed by atoms with E-state index in [-0.39, 0.29) is 0 Å². The maximum absolute atomic E-state index is 4.27. The molecule has 12 heavy (non-hydrogen) atoms. The molecule has 0 saturated carbocycles. The zero-order valence-corrected chi connectivity index (χ0v) is 8.61. The molecular weight excluding hydrogens is 170 g/mol. The van der Waals surface area contributed by atoms with Crippen LogP contribution in [0.5, 0.6) is 0 Å². The van der Waals surface area contributed by atoms with E-state index in [1.54, 1.807) is 11.3 Å². The van der Waals surface area contributed by atoms with E-state index in [4.69, 9.17) is 0 Å². The fraction of sp³-hybridized carbons (Fsp3) is 0.625. The van der Waals surface area contributed by atoms with Gasteiger partial charge in [0.05, 0.1) is 5.01 Å². The van der Waals surface area contributed by atoms with Crippen molar-refractivity contribution in [2.45, 2.75) is 19.9 Å². The summed E-state index contributed by atoms with van der Waals surface area (Å²) in [6, 6.07) is 0. The van der Waals surface area contributed by atoms with E-state index in [9.17, 15) is 0 Å². The summed E-state index contributed by atoms with van der Waals surface area (Å²) < 4.78 is 0. The third-order valence-electron chi connectivity index (χ3n) is 1.47. The SMILES string of the molecule is CCc1ncc(CNN(C)C)s1. The number of aromatic nitrogens is 1. The van der Waals surface area contributed by atoms with Crippen molar-refractivity contribution in [1.29, 1.82) is 0 Å². The molecule has 0 fully saturated rings. The minimum absolute atomic E-state index is 0.880. The second-order valence-corrected chi connectivity index (χ2v) is 4.00. The van der Waals surface area contributed by atoms with Crippen molar-refractivity contribution in [3.63, 3.8) is 0 Å². The maximum Gasteiger partial charge on any atom is 0.0925 e. The Balaban J connectivity index is 2.41. The fourth-order valence-corrected chi connectivity index (χ4v) is 1.62. The van der Waals surface area contributed by atoms with Gasteiger partial charge in [0.25, 0.3) is 0 Å². The summed E-state index contributed by atoms with van der Waals surface area (Å²) in [4.78, 5) is 5.56. The summed E-state index contributed by atoms with van der Waals surface area (Å²) in [6.07, 6.45) is 2.98. The standard InChI is InChI=1S/C8H15N3S/c1-4-8-9-5-7(12-8)6-10-11(2)3/h5,10H,4,6H2,1-3H3. The van der Waals surface area contributed by atoms with Crippen LogP contribution < -0.4 is 5.43 Å². The highest BCUT2D eigenvalue weighted by Crippen LogP contribution is 2.12. The Hall–Kier alpha value is -0.450. The number of aryl methyl sites for hydroxylation is 1. The average Bonchev–Trinajstić information content (AvgIpc) is 2.48. The third kappa shape index (κ3) is 2.89. The van der Waals surface area contributed by atoms with Crippen molar-refractivity contribution in [2.75, 3.05) is 14.1 Å². The average molecular weight is 185 g/mol. The van der Waals surface area contributed by atoms with Gasteiger partial charge in [0.15, 0.2) is 0 Å². The normalized spacial score (nSPS) is 11.0. The Bertz CT molecular complexity index is 232. The Labute approximate surface area is 77.4 Å². The molecule has 0 aromatic carbocycles. The lowest BCUT2D eigenvalue weighted by atomic mass is 10.5. The lowest BCUT2D eigenvalue weighted by Gasteiger charge is -2.09. The van der Waals surface area contributed by atoms with Crippen molar-refractivity contribution in [1.82, 2.24) is 15.4 Å². The zero-order valence-electron chi connectivity index (χ0n) is 7.79. The summed E-state index contributed by atoms with van der Waals surface area (Å²) in [7, 11) is 3.98. The van der Waals surface area contributed by atoms with Gasteiger partial charge in [-0.2, -0.15) is 0 Å². The van der Waals surface area contributed by atoms with Gasteiger partial charge in [-0.1, -0.05) is 6.92 Å². The molecule has 0 unspecified atom stereocenters. The molecular formula is C8H15N3S. The quantitative estimate of drug-likeness (QED) is 0.716. The van der Waals surface area contributed by atoms with Crippen LogP contribution in [-0.4, -0.2) is 24.1 Å². The molecule has 0 aliphatic carbocycles. The van der Waals surface area contributed by atoms with Crippen molar-refractivity contribution in [2.24, 2.45) is 0 Å². The van der Waals surface area contributed by atoms with E-state index < -0.39 is 0 Å². The number of thiazole rings is 1. The first-order valence-corrected chi connectivity index (χ1v) is 4.88. The Morgan fingerprint density at radius 3 is 2.83 bits per heavy atom. The van der Waals surface area contributed by atoms with Gasteiger partial charge in [0, 0.05) is 31.7 Å². The van der Waals surface area contributed by atoms with Gasteiger partial charge in [-0.05, 0) is 6.42 Å². The minimum atomic E-state index is 0.880. The molecule has 3 nitrogen and oxygen atoms in total. The monoisotopic (exact) mass is 185 g/mol. The molecule has 0 radical (unpaired) electrons. The first-order valence-electron chi connectivity index (χ1n) is 4.06. The van der Waals surface area contributed by atoms with E-state index in [2.05, 4.69) is 17.3 Å². The van der Waals surface area contributed by atoms with Crippen LogP contribution in [0.1, 0.15) is 16.8 Å². The lowest BCUT2D eigenvalue weighted by Crippen LogP contribution is -2.29. The van der Waals surface area contributed by atoms with Crippen LogP contribution in [0.2, 0.25) is 0 Å². The first kappa shape index (κ1) is 9.64. The highest BCUT2D eigenvalue weighted by Gasteiger charge is 1.99. The van der Waals surface area contributed by atoms with Crippen LogP contribution >= 0.6 is 11.3 Å². The summed E-state index contributed by atoms with van der Waals surface area (Å²) in [5, 5.41) is 3.16. The number of nitrogens with one attached hydrogen (secondary N) is 1.